The van der Waals surface area contributed by atoms with Gasteiger partial charge in [0.15, 0.2) is 0 Å². The molecule has 0 bridgehead atoms. The molecule has 136 valence electrons. The summed E-state index contributed by atoms with van der Waals surface area (Å²) in [5.74, 6) is 5.03. The minimum absolute atomic E-state index is 0.112. The molecule has 7 heteroatoms. The molecule has 0 fully saturated rings. The molecule has 2 rings (SSSR count). The number of rotatable bonds is 4. The molecule has 4 nitrogen and oxygen atoms in total. The fourth-order valence-corrected chi connectivity index (χ4v) is 2.14. The summed E-state index contributed by atoms with van der Waals surface area (Å²) in [6, 6.07) is 12.3. The van der Waals surface area contributed by atoms with Crippen molar-refractivity contribution in [1.82, 2.24) is 5.32 Å². The molecule has 0 radical (unpaired) electrons. The quantitative estimate of drug-likeness (QED) is 0.848. The Morgan fingerprint density at radius 3 is 2.38 bits per heavy atom. The second kappa shape index (κ2) is 8.30. The van der Waals surface area contributed by atoms with Gasteiger partial charge >= 0.3 is 6.36 Å². The topological polar surface area (TPSA) is 41.6 Å². The summed E-state index contributed by atoms with van der Waals surface area (Å²) < 4.78 is 40.1. The van der Waals surface area contributed by atoms with Gasteiger partial charge in [-0.1, -0.05) is 24.0 Å². The van der Waals surface area contributed by atoms with Crippen molar-refractivity contribution < 1.29 is 22.7 Å². The first-order chi connectivity index (χ1) is 12.3. The van der Waals surface area contributed by atoms with Gasteiger partial charge in [0.25, 0.3) is 5.91 Å². The van der Waals surface area contributed by atoms with E-state index >= 15 is 0 Å². The number of nitrogens with one attached hydrogen (secondary N) is 1. The van der Waals surface area contributed by atoms with E-state index in [1.54, 1.807) is 0 Å². The Morgan fingerprint density at radius 1 is 1.12 bits per heavy atom. The Bertz CT molecular complexity index is 819. The molecule has 2 aromatic carbocycles. The number of nitrogens with zero attached hydrogens (tertiary/aromatic N) is 1. The van der Waals surface area contributed by atoms with Gasteiger partial charge in [-0.05, 0) is 36.4 Å². The number of alkyl halides is 3. The molecular weight excluding hydrogens is 345 g/mol. The van der Waals surface area contributed by atoms with E-state index in [1.807, 2.05) is 43.3 Å². The molecule has 0 spiro atoms. The van der Waals surface area contributed by atoms with Crippen LogP contribution in [0.5, 0.6) is 5.75 Å². The van der Waals surface area contributed by atoms with E-state index in [-0.39, 0.29) is 17.9 Å². The first-order valence-corrected chi connectivity index (χ1v) is 7.65. The maximum atomic E-state index is 12.1. The number of hydrogen-bond donors (Lipinski definition) is 1. The van der Waals surface area contributed by atoms with Gasteiger partial charge in [0, 0.05) is 25.2 Å². The highest BCUT2D eigenvalue weighted by Gasteiger charge is 2.31. The number of amides is 1. The largest absolute Gasteiger partial charge is 0.573 e. The summed E-state index contributed by atoms with van der Waals surface area (Å²) in [5, 5.41) is 2.60. The molecular formula is C19H17F3N2O2. The fraction of sp³-hybridized carbons (Fsp3) is 0.211. The monoisotopic (exact) mass is 362 g/mol. The lowest BCUT2D eigenvalue weighted by atomic mass is 10.1. The average Bonchev–Trinajstić information content (AvgIpc) is 2.58. The number of benzene rings is 2. The van der Waals surface area contributed by atoms with Crippen LogP contribution in [-0.4, -0.2) is 32.9 Å². The standard InChI is InChI=1S/C19H17F3N2O2/c1-24(2)17-8-4-3-6-14(17)7-5-13-23-18(25)15-9-11-16(12-10-15)26-19(20,21)22/h3-4,6,8-12H,13H2,1-2H3,(H,23,25). The third kappa shape index (κ3) is 5.74. The van der Waals surface area contributed by atoms with E-state index in [4.69, 9.17) is 0 Å². The number of carbonyl (C=O) groups excluding carboxylic acids is 1. The van der Waals surface area contributed by atoms with Crippen LogP contribution in [0.3, 0.4) is 0 Å². The maximum Gasteiger partial charge on any atom is 0.573 e. The van der Waals surface area contributed by atoms with Gasteiger partial charge in [0.05, 0.1) is 12.2 Å². The lowest BCUT2D eigenvalue weighted by Crippen LogP contribution is -2.23. The molecule has 0 aliphatic rings. The summed E-state index contributed by atoms with van der Waals surface area (Å²) in [4.78, 5) is 13.9. The molecule has 0 atom stereocenters. The average molecular weight is 362 g/mol. The molecule has 0 unspecified atom stereocenters. The first-order valence-electron chi connectivity index (χ1n) is 7.65. The van der Waals surface area contributed by atoms with Gasteiger partial charge in [0.2, 0.25) is 0 Å². The number of ether oxygens (including phenoxy) is 1. The molecule has 26 heavy (non-hydrogen) atoms. The van der Waals surface area contributed by atoms with E-state index in [2.05, 4.69) is 21.9 Å². The van der Waals surface area contributed by atoms with Crippen molar-refractivity contribution in [3.05, 3.63) is 59.7 Å². The molecule has 0 heterocycles. The van der Waals surface area contributed by atoms with Crippen LogP contribution in [-0.2, 0) is 0 Å². The Hall–Kier alpha value is -3.14. The lowest BCUT2D eigenvalue weighted by Gasteiger charge is -2.13. The van der Waals surface area contributed by atoms with Crippen molar-refractivity contribution in [2.24, 2.45) is 0 Å². The van der Waals surface area contributed by atoms with Crippen LogP contribution in [0.25, 0.3) is 0 Å². The van der Waals surface area contributed by atoms with Crippen LogP contribution in [0.2, 0.25) is 0 Å². The van der Waals surface area contributed by atoms with Crippen molar-refractivity contribution in [3.63, 3.8) is 0 Å². The lowest BCUT2D eigenvalue weighted by molar-refractivity contribution is -0.274. The molecule has 1 N–H and O–H groups in total. The minimum atomic E-state index is -4.76. The van der Waals surface area contributed by atoms with Crippen molar-refractivity contribution in [3.8, 4) is 17.6 Å². The van der Waals surface area contributed by atoms with Crippen LogP contribution in [0.4, 0.5) is 18.9 Å². The summed E-state index contributed by atoms with van der Waals surface area (Å²) in [5.41, 5.74) is 2.02. The van der Waals surface area contributed by atoms with E-state index in [9.17, 15) is 18.0 Å². The highest BCUT2D eigenvalue weighted by atomic mass is 19.4. The molecule has 1 amide bonds. The highest BCUT2D eigenvalue weighted by molar-refractivity contribution is 5.94. The summed E-state index contributed by atoms with van der Waals surface area (Å²) in [6.07, 6.45) is -4.76. The third-order valence-electron chi connectivity index (χ3n) is 3.30. The normalized spacial score (nSPS) is 10.5. The highest BCUT2D eigenvalue weighted by Crippen LogP contribution is 2.22. The van der Waals surface area contributed by atoms with Crippen LogP contribution in [0, 0.1) is 11.8 Å². The van der Waals surface area contributed by atoms with Crippen molar-refractivity contribution >= 4 is 11.6 Å². The van der Waals surface area contributed by atoms with Gasteiger partial charge < -0.3 is 15.0 Å². The Balaban J connectivity index is 1.94. The fourth-order valence-electron chi connectivity index (χ4n) is 2.14. The van der Waals surface area contributed by atoms with E-state index in [1.165, 1.54) is 12.1 Å². The van der Waals surface area contributed by atoms with Gasteiger partial charge in [-0.3, -0.25) is 4.79 Å². The van der Waals surface area contributed by atoms with E-state index in [0.717, 1.165) is 23.4 Å². The number of hydrogen-bond acceptors (Lipinski definition) is 3. The minimum Gasteiger partial charge on any atom is -0.406 e. The second-order valence-corrected chi connectivity index (χ2v) is 5.47. The number of para-hydroxylation sites is 1. The number of carbonyl (C=O) groups is 1. The van der Waals surface area contributed by atoms with Gasteiger partial charge in [0.1, 0.15) is 5.75 Å². The molecule has 2 aromatic rings. The van der Waals surface area contributed by atoms with Crippen LogP contribution < -0.4 is 15.0 Å². The molecule has 0 aromatic heterocycles. The van der Waals surface area contributed by atoms with Crippen molar-refractivity contribution in [2.45, 2.75) is 6.36 Å². The summed E-state index contributed by atoms with van der Waals surface area (Å²) >= 11 is 0. The molecule has 0 saturated heterocycles. The predicted molar refractivity (Wildman–Crippen MR) is 93.1 cm³/mol. The number of anilines is 1. The van der Waals surface area contributed by atoms with Crippen LogP contribution in [0.15, 0.2) is 48.5 Å². The zero-order valence-electron chi connectivity index (χ0n) is 14.2. The smallest absolute Gasteiger partial charge is 0.406 e. The van der Waals surface area contributed by atoms with Gasteiger partial charge in [-0.2, -0.15) is 0 Å². The third-order valence-corrected chi connectivity index (χ3v) is 3.30. The second-order valence-electron chi connectivity index (χ2n) is 5.47. The first kappa shape index (κ1) is 19.2. The van der Waals surface area contributed by atoms with E-state index in [0.29, 0.717) is 0 Å². The summed E-state index contributed by atoms with van der Waals surface area (Å²) in [7, 11) is 3.82. The van der Waals surface area contributed by atoms with Gasteiger partial charge in [-0.15, -0.1) is 13.2 Å². The molecule has 0 saturated carbocycles. The zero-order valence-corrected chi connectivity index (χ0v) is 14.2. The maximum absolute atomic E-state index is 12.1. The van der Waals surface area contributed by atoms with Crippen LogP contribution >= 0.6 is 0 Å². The van der Waals surface area contributed by atoms with Gasteiger partial charge in [-0.25, -0.2) is 0 Å². The SMILES string of the molecule is CN(C)c1ccccc1C#CCNC(=O)c1ccc(OC(F)(F)F)cc1. The predicted octanol–water partition coefficient (Wildman–Crippen LogP) is 3.43. The Labute approximate surface area is 149 Å². The van der Waals surface area contributed by atoms with Crippen molar-refractivity contribution in [2.75, 3.05) is 25.5 Å². The Kier molecular flexibility index (Phi) is 6.12. The van der Waals surface area contributed by atoms with E-state index < -0.39 is 12.3 Å². The van der Waals surface area contributed by atoms with Crippen molar-refractivity contribution in [1.29, 1.82) is 0 Å². The zero-order chi connectivity index (χ0) is 19.2. The summed E-state index contributed by atoms with van der Waals surface area (Å²) in [6.45, 7) is 0.112. The molecule has 0 aliphatic carbocycles. The number of halogens is 3. The molecule has 0 aliphatic heterocycles. The Morgan fingerprint density at radius 2 is 1.77 bits per heavy atom. The van der Waals surface area contributed by atoms with Crippen LogP contribution in [0.1, 0.15) is 15.9 Å².